The topological polar surface area (TPSA) is 90.2 Å². The molecule has 6 heteroatoms. The molecular weight excluding hydrogens is 322 g/mol. The molecule has 1 rings (SSSR count). The molecule has 0 bridgehead atoms. The van der Waals surface area contributed by atoms with Crippen LogP contribution in [0, 0.1) is 0 Å². The predicted molar refractivity (Wildman–Crippen MR) is 97.7 cm³/mol. The Morgan fingerprint density at radius 2 is 1.72 bits per heavy atom. The number of aliphatic hydroxyl groups excluding tert-OH is 2. The second-order valence-electron chi connectivity index (χ2n) is 7.30. The van der Waals surface area contributed by atoms with Gasteiger partial charge >= 0.3 is 5.97 Å². The highest BCUT2D eigenvalue weighted by molar-refractivity contribution is 5.66. The van der Waals surface area contributed by atoms with Gasteiger partial charge in [-0.15, -0.1) is 0 Å². The molecule has 0 radical (unpaired) electrons. The first kappa shape index (κ1) is 22.4. The lowest BCUT2D eigenvalue weighted by atomic mass is 10.1. The van der Waals surface area contributed by atoms with Crippen LogP contribution >= 0.6 is 0 Å². The Morgan fingerprint density at radius 3 is 2.40 bits per heavy atom. The van der Waals surface area contributed by atoms with Crippen molar-refractivity contribution in [2.45, 2.75) is 95.5 Å². The smallest absolute Gasteiger partial charge is 0.303 e. The summed E-state index contributed by atoms with van der Waals surface area (Å²) in [6.45, 7) is 3.58. The molecule has 0 spiro atoms. The largest absolute Gasteiger partial charge is 0.481 e. The van der Waals surface area contributed by atoms with E-state index < -0.39 is 18.2 Å². The molecule has 148 valence electrons. The zero-order valence-corrected chi connectivity index (χ0v) is 15.9. The van der Waals surface area contributed by atoms with Gasteiger partial charge in [0, 0.05) is 19.4 Å². The maximum atomic E-state index is 10.5. The fraction of sp³-hybridized carbons (Fsp3) is 0.947. The highest BCUT2D eigenvalue weighted by Crippen LogP contribution is 2.28. The van der Waals surface area contributed by atoms with E-state index in [1.165, 1.54) is 19.3 Å². The van der Waals surface area contributed by atoms with E-state index in [-0.39, 0.29) is 18.6 Å². The summed E-state index contributed by atoms with van der Waals surface area (Å²) in [5.74, 6) is -0.755. The van der Waals surface area contributed by atoms with Crippen molar-refractivity contribution in [1.29, 1.82) is 0 Å². The SMILES string of the molecule is CCCCCCCO[C@H]1[C@H](N(C)CCCCCC(=O)O)[C@@H](O)C[C@H]1O. The van der Waals surface area contributed by atoms with Crippen molar-refractivity contribution in [1.82, 2.24) is 4.90 Å². The van der Waals surface area contributed by atoms with Crippen LogP contribution in [-0.4, -0.2) is 70.7 Å². The van der Waals surface area contributed by atoms with Gasteiger partial charge in [-0.25, -0.2) is 0 Å². The molecule has 0 saturated heterocycles. The number of ether oxygens (including phenoxy) is 1. The Balaban J connectivity index is 2.33. The number of likely N-dealkylation sites (N-methyl/N-ethyl adjacent to an activating group) is 1. The third-order valence-corrected chi connectivity index (χ3v) is 5.06. The van der Waals surface area contributed by atoms with Gasteiger partial charge in [0.25, 0.3) is 0 Å². The van der Waals surface area contributed by atoms with Crippen molar-refractivity contribution < 1.29 is 24.9 Å². The molecule has 6 nitrogen and oxygen atoms in total. The molecule has 0 amide bonds. The summed E-state index contributed by atoms with van der Waals surface area (Å²) >= 11 is 0. The summed E-state index contributed by atoms with van der Waals surface area (Å²) in [5.41, 5.74) is 0. The fourth-order valence-electron chi connectivity index (χ4n) is 3.61. The summed E-state index contributed by atoms with van der Waals surface area (Å²) in [5, 5.41) is 29.2. The monoisotopic (exact) mass is 359 g/mol. The van der Waals surface area contributed by atoms with E-state index in [4.69, 9.17) is 9.84 Å². The van der Waals surface area contributed by atoms with Crippen LogP contribution in [0.25, 0.3) is 0 Å². The quantitative estimate of drug-likeness (QED) is 0.413. The van der Waals surface area contributed by atoms with Gasteiger partial charge in [-0.2, -0.15) is 0 Å². The first-order valence-electron chi connectivity index (χ1n) is 9.87. The van der Waals surface area contributed by atoms with Gasteiger partial charge in [-0.05, 0) is 32.9 Å². The zero-order chi connectivity index (χ0) is 18.7. The second-order valence-corrected chi connectivity index (χ2v) is 7.30. The summed E-state index contributed by atoms with van der Waals surface area (Å²) < 4.78 is 5.93. The molecule has 3 N–H and O–H groups in total. The van der Waals surface area contributed by atoms with Crippen LogP contribution in [0.5, 0.6) is 0 Å². The molecule has 1 aliphatic carbocycles. The Labute approximate surface area is 152 Å². The Kier molecular flexibility index (Phi) is 11.3. The van der Waals surface area contributed by atoms with Crippen LogP contribution in [0.15, 0.2) is 0 Å². The van der Waals surface area contributed by atoms with Crippen molar-refractivity contribution in [2.75, 3.05) is 20.2 Å². The van der Waals surface area contributed by atoms with E-state index in [1.54, 1.807) is 0 Å². The summed E-state index contributed by atoms with van der Waals surface area (Å²) in [7, 11) is 1.95. The lowest BCUT2D eigenvalue weighted by Crippen LogP contribution is -2.47. The van der Waals surface area contributed by atoms with Crippen molar-refractivity contribution >= 4 is 5.97 Å². The van der Waals surface area contributed by atoms with Crippen molar-refractivity contribution in [3.8, 4) is 0 Å². The number of aliphatic carboxylic acids is 1. The normalized spacial score (nSPS) is 26.4. The first-order chi connectivity index (χ1) is 12.0. The predicted octanol–water partition coefficient (Wildman–Crippen LogP) is 2.41. The maximum Gasteiger partial charge on any atom is 0.303 e. The average Bonchev–Trinajstić information content (AvgIpc) is 2.83. The molecule has 0 heterocycles. The van der Waals surface area contributed by atoms with Gasteiger partial charge in [0.2, 0.25) is 0 Å². The van der Waals surface area contributed by atoms with Crippen LogP contribution in [0.2, 0.25) is 0 Å². The van der Waals surface area contributed by atoms with Crippen LogP contribution in [0.1, 0.15) is 71.1 Å². The van der Waals surface area contributed by atoms with E-state index >= 15 is 0 Å². The highest BCUT2D eigenvalue weighted by Gasteiger charge is 2.44. The molecule has 25 heavy (non-hydrogen) atoms. The zero-order valence-electron chi connectivity index (χ0n) is 15.9. The number of carbonyl (C=O) groups is 1. The van der Waals surface area contributed by atoms with Gasteiger partial charge in [-0.3, -0.25) is 9.69 Å². The number of carboxylic acid groups (broad SMARTS) is 1. The lowest BCUT2D eigenvalue weighted by Gasteiger charge is -2.32. The van der Waals surface area contributed by atoms with E-state index in [0.29, 0.717) is 19.4 Å². The van der Waals surface area contributed by atoms with Crippen molar-refractivity contribution in [3.63, 3.8) is 0 Å². The molecule has 0 aromatic carbocycles. The Hall–Kier alpha value is -0.690. The van der Waals surface area contributed by atoms with Crippen LogP contribution in [0.3, 0.4) is 0 Å². The van der Waals surface area contributed by atoms with Crippen molar-refractivity contribution in [3.05, 3.63) is 0 Å². The van der Waals surface area contributed by atoms with Crippen LogP contribution in [0.4, 0.5) is 0 Å². The fourth-order valence-corrected chi connectivity index (χ4v) is 3.61. The van der Waals surface area contributed by atoms with Crippen LogP contribution < -0.4 is 0 Å². The number of aliphatic hydroxyl groups is 2. The van der Waals surface area contributed by atoms with Crippen molar-refractivity contribution in [2.24, 2.45) is 0 Å². The molecule has 1 fully saturated rings. The van der Waals surface area contributed by atoms with E-state index in [0.717, 1.165) is 32.2 Å². The molecule has 4 atom stereocenters. The third kappa shape index (κ3) is 8.49. The number of hydrogen-bond acceptors (Lipinski definition) is 5. The highest BCUT2D eigenvalue weighted by atomic mass is 16.5. The molecule has 1 saturated carbocycles. The number of hydrogen-bond donors (Lipinski definition) is 3. The molecule has 0 aromatic rings. The standard InChI is InChI=1S/C19H37NO5/c1-3-4-5-6-10-13-25-19-16(22)14-15(21)18(19)20(2)12-9-7-8-11-17(23)24/h15-16,18-19,21-22H,3-14H2,1-2H3,(H,23,24)/t15-,16+,18+,19+/m0/s1. The van der Waals surface area contributed by atoms with Crippen LogP contribution in [-0.2, 0) is 9.53 Å². The molecule has 0 unspecified atom stereocenters. The number of carboxylic acids is 1. The average molecular weight is 360 g/mol. The van der Waals surface area contributed by atoms with Gasteiger partial charge in [0.15, 0.2) is 0 Å². The Morgan fingerprint density at radius 1 is 1.04 bits per heavy atom. The van der Waals surface area contributed by atoms with Gasteiger partial charge in [-0.1, -0.05) is 39.0 Å². The first-order valence-corrected chi connectivity index (χ1v) is 9.87. The summed E-state index contributed by atoms with van der Waals surface area (Å²) in [6.07, 6.45) is 7.25. The number of unbranched alkanes of at least 4 members (excludes halogenated alkanes) is 6. The molecule has 1 aliphatic rings. The maximum absolute atomic E-state index is 10.5. The summed E-state index contributed by atoms with van der Waals surface area (Å²) in [6, 6.07) is -0.190. The van der Waals surface area contributed by atoms with Gasteiger partial charge in [0.05, 0.1) is 18.2 Å². The lowest BCUT2D eigenvalue weighted by molar-refractivity contribution is -0.137. The van der Waals surface area contributed by atoms with E-state index in [2.05, 4.69) is 11.8 Å². The molecule has 0 aromatic heterocycles. The van der Waals surface area contributed by atoms with E-state index in [1.807, 2.05) is 7.05 Å². The number of nitrogens with zero attached hydrogens (tertiary/aromatic N) is 1. The Bertz CT molecular complexity index is 366. The van der Waals surface area contributed by atoms with Gasteiger partial charge in [0.1, 0.15) is 6.10 Å². The summed E-state index contributed by atoms with van der Waals surface area (Å²) in [4.78, 5) is 12.6. The minimum absolute atomic E-state index is 0.190. The van der Waals surface area contributed by atoms with E-state index in [9.17, 15) is 15.0 Å². The second kappa shape index (κ2) is 12.6. The minimum Gasteiger partial charge on any atom is -0.481 e. The van der Waals surface area contributed by atoms with Gasteiger partial charge < -0.3 is 20.1 Å². The minimum atomic E-state index is -0.755. The third-order valence-electron chi connectivity index (χ3n) is 5.06. The molecular formula is C19H37NO5. The molecule has 0 aliphatic heterocycles. The number of rotatable bonds is 14.